The molecule has 0 bridgehead atoms. The molecule has 1 aliphatic rings. The van der Waals surface area contributed by atoms with Gasteiger partial charge in [-0.15, -0.1) is 0 Å². The van der Waals surface area contributed by atoms with Gasteiger partial charge in [0.1, 0.15) is 5.41 Å². The molecule has 1 amide bonds. The number of allylic oxidation sites excluding steroid dienone is 2. The maximum atomic E-state index is 12.5. The van der Waals surface area contributed by atoms with E-state index in [0.29, 0.717) is 25.1 Å². The topological polar surface area (TPSA) is 78.4 Å². The summed E-state index contributed by atoms with van der Waals surface area (Å²) in [6, 6.07) is 7.47. The molecular weight excluding hydrogens is 280 g/mol. The minimum Gasteiger partial charge on any atom is -0.480 e. The number of anilines is 1. The van der Waals surface area contributed by atoms with Gasteiger partial charge >= 0.3 is 5.97 Å². The number of carbonyl (C=O) groups is 2. The van der Waals surface area contributed by atoms with E-state index in [1.807, 2.05) is 31.2 Å². The maximum Gasteiger partial charge on any atom is 0.319 e. The quantitative estimate of drug-likeness (QED) is 0.557. The van der Waals surface area contributed by atoms with Crippen molar-refractivity contribution in [1.82, 2.24) is 5.32 Å². The highest BCUT2D eigenvalue weighted by molar-refractivity contribution is 6.08. The first-order valence-electron chi connectivity index (χ1n) is 7.58. The lowest BCUT2D eigenvalue weighted by molar-refractivity contribution is -0.154. The third kappa shape index (κ3) is 3.54. The summed E-state index contributed by atoms with van der Waals surface area (Å²) in [4.78, 5) is 24.1. The van der Waals surface area contributed by atoms with E-state index in [9.17, 15) is 14.7 Å². The van der Waals surface area contributed by atoms with Gasteiger partial charge in [-0.3, -0.25) is 9.59 Å². The van der Waals surface area contributed by atoms with Crippen molar-refractivity contribution >= 4 is 17.6 Å². The highest BCUT2D eigenvalue weighted by Gasteiger charge is 2.45. The van der Waals surface area contributed by atoms with Crippen LogP contribution in [0.3, 0.4) is 0 Å². The molecule has 0 fully saturated rings. The smallest absolute Gasteiger partial charge is 0.319 e. The van der Waals surface area contributed by atoms with Crippen LogP contribution in [-0.2, 0) is 16.1 Å². The molecular formula is C17H22N2O3. The van der Waals surface area contributed by atoms with Crippen molar-refractivity contribution in [3.05, 3.63) is 42.0 Å². The van der Waals surface area contributed by atoms with E-state index < -0.39 is 17.3 Å². The number of benzene rings is 1. The molecule has 0 aliphatic heterocycles. The largest absolute Gasteiger partial charge is 0.480 e. The second-order valence-electron chi connectivity index (χ2n) is 5.54. The van der Waals surface area contributed by atoms with Gasteiger partial charge in [0.05, 0.1) is 0 Å². The lowest BCUT2D eigenvalue weighted by atomic mass is 9.76. The Bertz CT molecular complexity index is 583. The van der Waals surface area contributed by atoms with E-state index in [1.165, 1.54) is 0 Å². The predicted octanol–water partition coefficient (Wildman–Crippen LogP) is 2.55. The molecule has 0 saturated carbocycles. The Morgan fingerprint density at radius 1 is 1.32 bits per heavy atom. The van der Waals surface area contributed by atoms with Crippen LogP contribution in [0.4, 0.5) is 5.69 Å². The molecule has 1 aromatic carbocycles. The second kappa shape index (κ2) is 7.22. The summed E-state index contributed by atoms with van der Waals surface area (Å²) in [5.74, 6) is -1.50. The van der Waals surface area contributed by atoms with Crippen LogP contribution in [0, 0.1) is 5.41 Å². The van der Waals surface area contributed by atoms with E-state index in [0.717, 1.165) is 12.1 Å². The number of aliphatic carboxylic acids is 1. The van der Waals surface area contributed by atoms with Gasteiger partial charge in [0, 0.05) is 12.2 Å². The zero-order valence-corrected chi connectivity index (χ0v) is 12.8. The van der Waals surface area contributed by atoms with Crippen LogP contribution in [0.1, 0.15) is 31.7 Å². The summed E-state index contributed by atoms with van der Waals surface area (Å²) in [5, 5.41) is 15.5. The van der Waals surface area contributed by atoms with E-state index in [1.54, 1.807) is 12.1 Å². The second-order valence-corrected chi connectivity index (χ2v) is 5.54. The molecule has 2 rings (SSSR count). The molecule has 0 saturated heterocycles. The Morgan fingerprint density at radius 2 is 2.14 bits per heavy atom. The summed E-state index contributed by atoms with van der Waals surface area (Å²) < 4.78 is 0. The molecule has 3 N–H and O–H groups in total. The van der Waals surface area contributed by atoms with Gasteiger partial charge in [-0.1, -0.05) is 31.2 Å². The molecule has 5 heteroatoms. The Kier molecular flexibility index (Phi) is 5.33. The number of nitrogens with one attached hydrogen (secondary N) is 2. The van der Waals surface area contributed by atoms with E-state index in [4.69, 9.17) is 0 Å². The number of carboxylic acid groups (broad SMARTS) is 1. The summed E-state index contributed by atoms with van der Waals surface area (Å²) in [5.41, 5.74) is 0.329. The zero-order valence-electron chi connectivity index (χ0n) is 12.8. The molecule has 5 nitrogen and oxygen atoms in total. The van der Waals surface area contributed by atoms with Crippen LogP contribution in [0.2, 0.25) is 0 Å². The summed E-state index contributed by atoms with van der Waals surface area (Å²) in [6.07, 6.45) is 4.89. The number of carboxylic acids is 1. The SMILES string of the molecule is CCNCc1cccc(NC(=O)C2(C(=O)O)CC=CCC2)c1. The third-order valence-corrected chi connectivity index (χ3v) is 3.98. The Balaban J connectivity index is 2.13. The third-order valence-electron chi connectivity index (χ3n) is 3.98. The Hall–Kier alpha value is -2.14. The average molecular weight is 302 g/mol. The van der Waals surface area contributed by atoms with Crippen molar-refractivity contribution in [2.45, 2.75) is 32.7 Å². The van der Waals surface area contributed by atoms with Crippen LogP contribution in [0.15, 0.2) is 36.4 Å². The Morgan fingerprint density at radius 3 is 2.77 bits per heavy atom. The summed E-state index contributed by atoms with van der Waals surface area (Å²) in [7, 11) is 0. The minimum atomic E-state index is -1.35. The lowest BCUT2D eigenvalue weighted by Crippen LogP contribution is -2.43. The number of amides is 1. The van der Waals surface area contributed by atoms with E-state index in [2.05, 4.69) is 10.6 Å². The first-order chi connectivity index (χ1) is 10.6. The molecule has 118 valence electrons. The number of rotatable bonds is 6. The number of hydrogen-bond donors (Lipinski definition) is 3. The Labute approximate surface area is 130 Å². The van der Waals surface area contributed by atoms with Crippen LogP contribution in [0.25, 0.3) is 0 Å². The number of hydrogen-bond acceptors (Lipinski definition) is 3. The van der Waals surface area contributed by atoms with Gasteiger partial charge in [-0.2, -0.15) is 0 Å². The van der Waals surface area contributed by atoms with Crippen molar-refractivity contribution in [2.75, 3.05) is 11.9 Å². The first-order valence-corrected chi connectivity index (χ1v) is 7.58. The fraction of sp³-hybridized carbons (Fsp3) is 0.412. The molecule has 22 heavy (non-hydrogen) atoms. The lowest BCUT2D eigenvalue weighted by Gasteiger charge is -2.29. The maximum absolute atomic E-state index is 12.5. The number of carbonyl (C=O) groups excluding carboxylic acids is 1. The molecule has 1 unspecified atom stereocenters. The molecule has 0 aromatic heterocycles. The fourth-order valence-corrected chi connectivity index (χ4v) is 2.61. The van der Waals surface area contributed by atoms with Gasteiger partial charge in [-0.25, -0.2) is 0 Å². The summed E-state index contributed by atoms with van der Waals surface area (Å²) in [6.45, 7) is 3.61. The first kappa shape index (κ1) is 16.2. The van der Waals surface area contributed by atoms with E-state index in [-0.39, 0.29) is 6.42 Å². The van der Waals surface area contributed by atoms with Crippen molar-refractivity contribution in [2.24, 2.45) is 5.41 Å². The van der Waals surface area contributed by atoms with Crippen LogP contribution in [-0.4, -0.2) is 23.5 Å². The van der Waals surface area contributed by atoms with Gasteiger partial charge in [-0.05, 0) is 43.5 Å². The standard InChI is InChI=1S/C17H22N2O3/c1-2-18-12-13-7-6-8-14(11-13)19-15(20)17(16(21)22)9-4-3-5-10-17/h3-4,6-8,11,18H,2,5,9-10,12H2,1H3,(H,19,20)(H,21,22). The predicted molar refractivity (Wildman–Crippen MR) is 85.5 cm³/mol. The molecule has 0 spiro atoms. The van der Waals surface area contributed by atoms with Gasteiger partial charge < -0.3 is 15.7 Å². The van der Waals surface area contributed by atoms with Gasteiger partial charge in [0.25, 0.3) is 0 Å². The van der Waals surface area contributed by atoms with Crippen LogP contribution < -0.4 is 10.6 Å². The average Bonchev–Trinajstić information content (AvgIpc) is 2.53. The highest BCUT2D eigenvalue weighted by atomic mass is 16.4. The van der Waals surface area contributed by atoms with Crippen molar-refractivity contribution in [3.8, 4) is 0 Å². The monoisotopic (exact) mass is 302 g/mol. The molecule has 0 radical (unpaired) electrons. The zero-order chi connectivity index (χ0) is 16.0. The molecule has 0 heterocycles. The molecule has 1 atom stereocenters. The summed E-state index contributed by atoms with van der Waals surface area (Å²) >= 11 is 0. The van der Waals surface area contributed by atoms with Gasteiger partial charge in [0.2, 0.25) is 5.91 Å². The van der Waals surface area contributed by atoms with Crippen molar-refractivity contribution in [1.29, 1.82) is 0 Å². The molecule has 1 aromatic rings. The van der Waals surface area contributed by atoms with Crippen molar-refractivity contribution < 1.29 is 14.7 Å². The molecule has 1 aliphatic carbocycles. The van der Waals surface area contributed by atoms with E-state index >= 15 is 0 Å². The van der Waals surface area contributed by atoms with Crippen molar-refractivity contribution in [3.63, 3.8) is 0 Å². The highest BCUT2D eigenvalue weighted by Crippen LogP contribution is 2.34. The normalized spacial score (nSPS) is 20.6. The van der Waals surface area contributed by atoms with Crippen LogP contribution in [0.5, 0.6) is 0 Å². The van der Waals surface area contributed by atoms with Gasteiger partial charge in [0.15, 0.2) is 0 Å². The van der Waals surface area contributed by atoms with Crippen LogP contribution >= 0.6 is 0 Å². The minimum absolute atomic E-state index is 0.241. The fourth-order valence-electron chi connectivity index (χ4n) is 2.61.